The lowest BCUT2D eigenvalue weighted by Gasteiger charge is -2.45. The summed E-state index contributed by atoms with van der Waals surface area (Å²) in [5.74, 6) is 0.371. The van der Waals surface area contributed by atoms with E-state index in [9.17, 15) is 9.90 Å². The molecule has 7 heteroatoms. The number of carboxylic acid groups (broad SMARTS) is 1. The van der Waals surface area contributed by atoms with E-state index < -0.39 is 11.6 Å². The number of nitrogens with zero attached hydrogens (tertiary/aromatic N) is 2. The number of halogens is 1. The first-order valence-corrected chi connectivity index (χ1v) is 11.3. The molecule has 1 aromatic carbocycles. The minimum Gasteiger partial charge on any atom is -0.465 e. The number of benzene rings is 1. The van der Waals surface area contributed by atoms with Crippen LogP contribution in [-0.4, -0.2) is 34.8 Å². The molecule has 5 nitrogen and oxygen atoms in total. The van der Waals surface area contributed by atoms with Gasteiger partial charge in [0.2, 0.25) is 0 Å². The van der Waals surface area contributed by atoms with Gasteiger partial charge >= 0.3 is 6.09 Å². The topological polar surface area (TPSA) is 65.5 Å². The molecule has 150 valence electrons. The fourth-order valence-corrected chi connectivity index (χ4v) is 6.34. The number of piperidine rings is 1. The highest BCUT2D eigenvalue weighted by Gasteiger charge is 2.49. The zero-order chi connectivity index (χ0) is 19.9. The van der Waals surface area contributed by atoms with E-state index in [1.54, 1.807) is 11.3 Å². The quantitative estimate of drug-likeness (QED) is 0.647. The SMILES string of the molecule is CC(C)(C[C@@H]1c2ccccc2CC12CCN(c1ncc(Br)s1)CC2)NC(=O)O. The number of nitrogens with one attached hydrogen (secondary N) is 1. The Bertz CT molecular complexity index is 874. The van der Waals surface area contributed by atoms with Gasteiger partial charge in [-0.15, -0.1) is 0 Å². The van der Waals surface area contributed by atoms with Gasteiger partial charge in [-0.3, -0.25) is 0 Å². The molecule has 1 aromatic heterocycles. The van der Waals surface area contributed by atoms with Crippen molar-refractivity contribution in [3.8, 4) is 0 Å². The summed E-state index contributed by atoms with van der Waals surface area (Å²) < 4.78 is 1.07. The first-order chi connectivity index (χ1) is 13.3. The van der Waals surface area contributed by atoms with E-state index in [0.717, 1.165) is 47.7 Å². The van der Waals surface area contributed by atoms with Gasteiger partial charge < -0.3 is 15.3 Å². The van der Waals surface area contributed by atoms with Crippen LogP contribution in [0.15, 0.2) is 34.2 Å². The highest BCUT2D eigenvalue weighted by atomic mass is 79.9. The van der Waals surface area contributed by atoms with E-state index in [1.807, 2.05) is 20.0 Å². The second-order valence-corrected chi connectivity index (χ2v) is 11.1. The molecule has 0 radical (unpaired) electrons. The Balaban J connectivity index is 1.58. The van der Waals surface area contributed by atoms with Gasteiger partial charge in [-0.2, -0.15) is 0 Å². The van der Waals surface area contributed by atoms with Crippen LogP contribution in [0.2, 0.25) is 0 Å². The third-order valence-electron chi connectivity index (χ3n) is 6.37. The number of rotatable bonds is 4. The number of hydrogen-bond acceptors (Lipinski definition) is 4. The Morgan fingerprint density at radius 2 is 2.11 bits per heavy atom. The highest BCUT2D eigenvalue weighted by Crippen LogP contribution is 2.56. The molecular formula is C21H26BrN3O2S. The number of thiazole rings is 1. The number of anilines is 1. The molecular weight excluding hydrogens is 438 g/mol. The second-order valence-electron chi connectivity index (χ2n) is 8.74. The average Bonchev–Trinajstić information content (AvgIpc) is 3.17. The van der Waals surface area contributed by atoms with Gasteiger partial charge in [-0.05, 0) is 77.9 Å². The summed E-state index contributed by atoms with van der Waals surface area (Å²) in [6.45, 7) is 5.99. The van der Waals surface area contributed by atoms with E-state index in [0.29, 0.717) is 5.92 Å². The predicted molar refractivity (Wildman–Crippen MR) is 116 cm³/mol. The maximum atomic E-state index is 11.3. The minimum absolute atomic E-state index is 0.201. The van der Waals surface area contributed by atoms with Crippen LogP contribution in [0, 0.1) is 5.41 Å². The van der Waals surface area contributed by atoms with Crippen molar-refractivity contribution in [2.24, 2.45) is 5.41 Å². The standard InChI is InChI=1S/C21H26BrN3O2S/c1-20(2,24-19(26)27)12-16-15-6-4-3-5-14(15)11-21(16)7-9-25(10-8-21)18-23-13-17(22)28-18/h3-6,13,16,24H,7-12H2,1-2H3,(H,26,27)/t16-/m1/s1. The summed E-state index contributed by atoms with van der Waals surface area (Å²) >= 11 is 5.20. The van der Waals surface area contributed by atoms with Gasteiger partial charge in [-0.25, -0.2) is 9.78 Å². The van der Waals surface area contributed by atoms with Crippen molar-refractivity contribution in [3.63, 3.8) is 0 Å². The molecule has 1 amide bonds. The van der Waals surface area contributed by atoms with Gasteiger partial charge in [-0.1, -0.05) is 35.6 Å². The molecule has 2 aliphatic rings. The first-order valence-electron chi connectivity index (χ1n) is 9.73. The number of carbonyl (C=O) groups is 1. The Hall–Kier alpha value is -1.60. The molecule has 1 aliphatic carbocycles. The van der Waals surface area contributed by atoms with Crippen molar-refractivity contribution in [2.75, 3.05) is 18.0 Å². The van der Waals surface area contributed by atoms with Crippen molar-refractivity contribution in [2.45, 2.75) is 51.0 Å². The number of fused-ring (bicyclic) bond motifs is 1. The Morgan fingerprint density at radius 1 is 1.39 bits per heavy atom. The zero-order valence-corrected chi connectivity index (χ0v) is 18.6. The molecule has 28 heavy (non-hydrogen) atoms. The van der Waals surface area contributed by atoms with E-state index in [4.69, 9.17) is 0 Å². The smallest absolute Gasteiger partial charge is 0.405 e. The molecule has 2 N–H and O–H groups in total. The molecule has 1 saturated heterocycles. The fraction of sp³-hybridized carbons (Fsp3) is 0.524. The van der Waals surface area contributed by atoms with E-state index in [1.165, 1.54) is 11.1 Å². The van der Waals surface area contributed by atoms with Gasteiger partial charge in [0.05, 0.1) is 9.98 Å². The Kier molecular flexibility index (Phi) is 5.16. The molecule has 4 rings (SSSR count). The van der Waals surface area contributed by atoms with Crippen LogP contribution < -0.4 is 10.2 Å². The maximum Gasteiger partial charge on any atom is 0.405 e. The van der Waals surface area contributed by atoms with Crippen LogP contribution in [0.25, 0.3) is 0 Å². The van der Waals surface area contributed by atoms with Gasteiger partial charge in [0.25, 0.3) is 0 Å². The molecule has 0 saturated carbocycles. The fourth-order valence-electron chi connectivity index (χ4n) is 5.11. The van der Waals surface area contributed by atoms with Crippen molar-refractivity contribution in [1.82, 2.24) is 10.3 Å². The summed E-state index contributed by atoms with van der Waals surface area (Å²) in [6, 6.07) is 8.73. The molecule has 1 spiro atoms. The second kappa shape index (κ2) is 7.34. The molecule has 0 bridgehead atoms. The molecule has 2 aromatic rings. The summed E-state index contributed by atoms with van der Waals surface area (Å²) in [5.41, 5.74) is 2.59. The lowest BCUT2D eigenvalue weighted by molar-refractivity contribution is 0.144. The largest absolute Gasteiger partial charge is 0.465 e. The molecule has 0 unspecified atom stereocenters. The van der Waals surface area contributed by atoms with Crippen molar-refractivity contribution in [1.29, 1.82) is 0 Å². The lowest BCUT2D eigenvalue weighted by atomic mass is 9.66. The first kappa shape index (κ1) is 19.7. The van der Waals surface area contributed by atoms with Crippen molar-refractivity contribution in [3.05, 3.63) is 45.4 Å². The van der Waals surface area contributed by atoms with E-state index in [-0.39, 0.29) is 5.41 Å². The third-order valence-corrected chi connectivity index (χ3v) is 7.90. The molecule has 1 atom stereocenters. The van der Waals surface area contributed by atoms with Crippen LogP contribution >= 0.6 is 27.3 Å². The van der Waals surface area contributed by atoms with E-state index >= 15 is 0 Å². The molecule has 1 aliphatic heterocycles. The number of aromatic nitrogens is 1. The summed E-state index contributed by atoms with van der Waals surface area (Å²) in [5, 5.41) is 13.1. The van der Waals surface area contributed by atoms with Crippen molar-refractivity contribution < 1.29 is 9.90 Å². The number of hydrogen-bond donors (Lipinski definition) is 2. The van der Waals surface area contributed by atoms with E-state index in [2.05, 4.69) is 55.4 Å². The highest BCUT2D eigenvalue weighted by molar-refractivity contribution is 9.11. The maximum absolute atomic E-state index is 11.3. The summed E-state index contributed by atoms with van der Waals surface area (Å²) in [4.78, 5) is 18.2. The number of amides is 1. The van der Waals surface area contributed by atoms with Gasteiger partial charge in [0, 0.05) is 18.6 Å². The van der Waals surface area contributed by atoms with Crippen LogP contribution in [0.4, 0.5) is 9.93 Å². The van der Waals surface area contributed by atoms with Crippen LogP contribution in [0.3, 0.4) is 0 Å². The molecule has 2 heterocycles. The van der Waals surface area contributed by atoms with Gasteiger partial charge in [0.1, 0.15) is 0 Å². The van der Waals surface area contributed by atoms with Crippen molar-refractivity contribution >= 4 is 38.5 Å². The average molecular weight is 464 g/mol. The summed E-state index contributed by atoms with van der Waals surface area (Å²) in [7, 11) is 0. The van der Waals surface area contributed by atoms with Crippen LogP contribution in [0.5, 0.6) is 0 Å². The molecule has 1 fully saturated rings. The Labute approximate surface area is 178 Å². The normalized spacial score (nSPS) is 21.0. The minimum atomic E-state index is -0.950. The predicted octanol–water partition coefficient (Wildman–Crippen LogP) is 5.27. The third kappa shape index (κ3) is 3.79. The van der Waals surface area contributed by atoms with Gasteiger partial charge in [0.15, 0.2) is 5.13 Å². The summed E-state index contributed by atoms with van der Waals surface area (Å²) in [6.07, 6.45) is 5.04. The monoisotopic (exact) mass is 463 g/mol. The Morgan fingerprint density at radius 3 is 2.75 bits per heavy atom. The van der Waals surface area contributed by atoms with Crippen LogP contribution in [-0.2, 0) is 6.42 Å². The lowest BCUT2D eigenvalue weighted by Crippen LogP contribution is -2.48. The van der Waals surface area contributed by atoms with Crippen LogP contribution in [0.1, 0.15) is 50.2 Å². The zero-order valence-electron chi connectivity index (χ0n) is 16.2.